The van der Waals surface area contributed by atoms with Crippen molar-refractivity contribution in [1.82, 2.24) is 14.5 Å². The SMILES string of the molecule is COCCN(C(=O)OC(C)(C)C)C1CCc2c(c3ccc(Nc4ccc(OC)c(OC)c4)nc3n2C)C1. The van der Waals surface area contributed by atoms with Crippen LogP contribution in [0.1, 0.15) is 38.4 Å². The molecule has 0 fully saturated rings. The van der Waals surface area contributed by atoms with Crippen molar-refractivity contribution in [2.45, 2.75) is 51.7 Å². The highest BCUT2D eigenvalue weighted by molar-refractivity contribution is 5.85. The minimum Gasteiger partial charge on any atom is -0.493 e. The summed E-state index contributed by atoms with van der Waals surface area (Å²) in [7, 11) is 6.95. The Morgan fingerprint density at radius 2 is 1.89 bits per heavy atom. The third-order valence-corrected chi connectivity index (χ3v) is 6.69. The molecular formula is C28H38N4O5. The summed E-state index contributed by atoms with van der Waals surface area (Å²) in [4.78, 5) is 19.8. The number of aryl methyl sites for hydroxylation is 1. The van der Waals surface area contributed by atoms with Crippen molar-refractivity contribution in [1.29, 1.82) is 0 Å². The lowest BCUT2D eigenvalue weighted by Crippen LogP contribution is -2.47. The number of hydrogen-bond acceptors (Lipinski definition) is 7. The number of nitrogens with zero attached hydrogens (tertiary/aromatic N) is 3. The average molecular weight is 511 g/mol. The Morgan fingerprint density at radius 3 is 2.57 bits per heavy atom. The molecule has 0 bridgehead atoms. The highest BCUT2D eigenvalue weighted by atomic mass is 16.6. The number of rotatable bonds is 8. The fourth-order valence-corrected chi connectivity index (χ4v) is 4.94. The van der Waals surface area contributed by atoms with Crippen LogP contribution in [-0.2, 0) is 29.4 Å². The number of anilines is 2. The summed E-state index contributed by atoms with van der Waals surface area (Å²) in [5.74, 6) is 2.06. The first-order valence-electron chi connectivity index (χ1n) is 12.6. The Bertz CT molecular complexity index is 1260. The summed E-state index contributed by atoms with van der Waals surface area (Å²) in [5, 5.41) is 4.48. The highest BCUT2D eigenvalue weighted by Crippen LogP contribution is 2.35. The number of methoxy groups -OCH3 is 3. The molecule has 1 unspecified atom stereocenters. The van der Waals surface area contributed by atoms with Crippen LogP contribution in [0.5, 0.6) is 11.5 Å². The van der Waals surface area contributed by atoms with Crippen molar-refractivity contribution in [3.05, 3.63) is 41.6 Å². The van der Waals surface area contributed by atoms with Gasteiger partial charge in [-0.25, -0.2) is 9.78 Å². The Labute approximate surface area is 218 Å². The summed E-state index contributed by atoms with van der Waals surface area (Å²) >= 11 is 0. The van der Waals surface area contributed by atoms with Crippen LogP contribution in [0.15, 0.2) is 30.3 Å². The van der Waals surface area contributed by atoms with Crippen LogP contribution in [0.4, 0.5) is 16.3 Å². The Hall–Kier alpha value is -3.46. The predicted molar refractivity (Wildman–Crippen MR) is 144 cm³/mol. The van der Waals surface area contributed by atoms with Crippen LogP contribution in [0.2, 0.25) is 0 Å². The standard InChI is InChI=1S/C28H38N4O5/c1-28(2,3)37-27(33)32(14-15-34-5)19-9-11-22-21(17-19)20-10-13-25(30-26(20)31(22)4)29-18-8-12-23(35-6)24(16-18)36-7/h8,10,12-13,16,19H,9,11,14-15,17H2,1-7H3,(H,29,30). The van der Waals surface area contributed by atoms with Crippen molar-refractivity contribution < 1.29 is 23.7 Å². The molecule has 1 N–H and O–H groups in total. The maximum atomic E-state index is 13.1. The lowest BCUT2D eigenvalue weighted by Gasteiger charge is -2.35. The van der Waals surface area contributed by atoms with E-state index in [2.05, 4.69) is 23.0 Å². The molecule has 9 heteroatoms. The third kappa shape index (κ3) is 5.77. The number of benzene rings is 1. The van der Waals surface area contributed by atoms with Gasteiger partial charge in [0.25, 0.3) is 0 Å². The normalized spacial score (nSPS) is 15.3. The Morgan fingerprint density at radius 1 is 1.14 bits per heavy atom. The molecular weight excluding hydrogens is 472 g/mol. The monoisotopic (exact) mass is 510 g/mol. The van der Waals surface area contributed by atoms with Gasteiger partial charge in [-0.05, 0) is 69.9 Å². The zero-order valence-electron chi connectivity index (χ0n) is 22.9. The average Bonchev–Trinajstić information content (AvgIpc) is 3.14. The van der Waals surface area contributed by atoms with Gasteiger partial charge in [-0.3, -0.25) is 0 Å². The number of aromatic nitrogens is 2. The van der Waals surface area contributed by atoms with Crippen molar-refractivity contribution in [3.8, 4) is 11.5 Å². The summed E-state index contributed by atoms with van der Waals surface area (Å²) in [6.45, 7) is 6.63. The first-order chi connectivity index (χ1) is 17.6. The first-order valence-corrected chi connectivity index (χ1v) is 12.6. The summed E-state index contributed by atoms with van der Waals surface area (Å²) < 4.78 is 23.9. The number of carbonyl (C=O) groups excluding carboxylic acids is 1. The smallest absolute Gasteiger partial charge is 0.410 e. The molecule has 0 spiro atoms. The second kappa shape index (κ2) is 10.9. The van der Waals surface area contributed by atoms with E-state index in [-0.39, 0.29) is 12.1 Å². The molecule has 200 valence electrons. The molecule has 0 aliphatic heterocycles. The third-order valence-electron chi connectivity index (χ3n) is 6.69. The van der Waals surface area contributed by atoms with Gasteiger partial charge in [0.15, 0.2) is 11.5 Å². The van der Waals surface area contributed by atoms with Gasteiger partial charge in [0, 0.05) is 49.6 Å². The highest BCUT2D eigenvalue weighted by Gasteiger charge is 2.33. The molecule has 0 radical (unpaired) electrons. The van der Waals surface area contributed by atoms with E-state index in [1.54, 1.807) is 21.3 Å². The predicted octanol–water partition coefficient (Wildman–Crippen LogP) is 5.07. The maximum Gasteiger partial charge on any atom is 0.410 e. The summed E-state index contributed by atoms with van der Waals surface area (Å²) in [5.41, 5.74) is 3.72. The summed E-state index contributed by atoms with van der Waals surface area (Å²) in [6, 6.07) is 9.81. The number of pyridine rings is 1. The number of carbonyl (C=O) groups is 1. The van der Waals surface area contributed by atoms with Gasteiger partial charge < -0.3 is 33.7 Å². The fourth-order valence-electron chi connectivity index (χ4n) is 4.94. The van der Waals surface area contributed by atoms with Crippen molar-refractivity contribution in [3.63, 3.8) is 0 Å². The second-order valence-corrected chi connectivity index (χ2v) is 10.3. The van der Waals surface area contributed by atoms with Crippen LogP contribution in [0, 0.1) is 0 Å². The Balaban J connectivity index is 1.60. The van der Waals surface area contributed by atoms with E-state index >= 15 is 0 Å². The summed E-state index contributed by atoms with van der Waals surface area (Å²) in [6.07, 6.45) is 2.17. The number of hydrogen-bond donors (Lipinski definition) is 1. The molecule has 1 aromatic carbocycles. The van der Waals surface area contributed by atoms with Crippen molar-refractivity contribution >= 4 is 28.6 Å². The fraction of sp³-hybridized carbons (Fsp3) is 0.500. The van der Waals surface area contributed by atoms with Gasteiger partial charge in [-0.15, -0.1) is 0 Å². The van der Waals surface area contributed by atoms with E-state index in [9.17, 15) is 4.79 Å². The number of fused-ring (bicyclic) bond motifs is 3. The van der Waals surface area contributed by atoms with Gasteiger partial charge in [0.1, 0.15) is 17.1 Å². The molecule has 0 saturated carbocycles. The molecule has 4 rings (SSSR count). The molecule has 2 heterocycles. The molecule has 1 amide bonds. The van der Waals surface area contributed by atoms with Crippen molar-refractivity contribution in [2.75, 3.05) is 39.8 Å². The van der Waals surface area contributed by atoms with E-state index in [0.29, 0.717) is 24.7 Å². The number of nitrogens with one attached hydrogen (secondary N) is 1. The van der Waals surface area contributed by atoms with E-state index in [1.807, 2.05) is 49.9 Å². The lowest BCUT2D eigenvalue weighted by molar-refractivity contribution is 0.00879. The quantitative estimate of drug-likeness (QED) is 0.452. The molecule has 1 aliphatic carbocycles. The first kappa shape index (κ1) is 26.6. The minimum absolute atomic E-state index is 0.0349. The topological polar surface area (TPSA) is 87.1 Å². The second-order valence-electron chi connectivity index (χ2n) is 10.3. The molecule has 0 saturated heterocycles. The van der Waals surface area contributed by atoms with Crippen LogP contribution >= 0.6 is 0 Å². The van der Waals surface area contributed by atoms with E-state index in [1.165, 1.54) is 11.3 Å². The largest absolute Gasteiger partial charge is 0.493 e. The van der Waals surface area contributed by atoms with E-state index < -0.39 is 5.60 Å². The van der Waals surface area contributed by atoms with Crippen LogP contribution in [0.3, 0.4) is 0 Å². The van der Waals surface area contributed by atoms with Gasteiger partial charge in [0.2, 0.25) is 0 Å². The van der Waals surface area contributed by atoms with Gasteiger partial charge in [-0.2, -0.15) is 0 Å². The molecule has 9 nitrogen and oxygen atoms in total. The van der Waals surface area contributed by atoms with Gasteiger partial charge in [-0.1, -0.05) is 0 Å². The number of amides is 1. The zero-order valence-corrected chi connectivity index (χ0v) is 22.9. The number of ether oxygens (including phenoxy) is 4. The molecule has 2 aromatic heterocycles. The van der Waals surface area contributed by atoms with Crippen LogP contribution < -0.4 is 14.8 Å². The van der Waals surface area contributed by atoms with E-state index in [0.717, 1.165) is 41.8 Å². The molecule has 3 aromatic rings. The van der Waals surface area contributed by atoms with Crippen LogP contribution in [0.25, 0.3) is 11.0 Å². The van der Waals surface area contributed by atoms with Gasteiger partial charge >= 0.3 is 6.09 Å². The maximum absolute atomic E-state index is 13.1. The lowest BCUT2D eigenvalue weighted by atomic mass is 9.90. The molecule has 1 atom stereocenters. The zero-order chi connectivity index (χ0) is 26.7. The van der Waals surface area contributed by atoms with Gasteiger partial charge in [0.05, 0.1) is 20.8 Å². The molecule has 1 aliphatic rings. The molecule has 37 heavy (non-hydrogen) atoms. The van der Waals surface area contributed by atoms with Crippen molar-refractivity contribution in [2.24, 2.45) is 7.05 Å². The Kier molecular flexibility index (Phi) is 7.82. The van der Waals surface area contributed by atoms with Crippen LogP contribution in [-0.4, -0.2) is 66.7 Å². The van der Waals surface area contributed by atoms with E-state index in [4.69, 9.17) is 23.9 Å². The minimum atomic E-state index is -0.553.